The van der Waals surface area contributed by atoms with E-state index in [0.29, 0.717) is 0 Å². The predicted octanol–water partition coefficient (Wildman–Crippen LogP) is 1.28. The Balaban J connectivity index is 3.55. The van der Waals surface area contributed by atoms with Gasteiger partial charge >= 0.3 is 10.1 Å². The lowest BCUT2D eigenvalue weighted by Crippen LogP contribution is -1.95. The second-order valence-electron chi connectivity index (χ2n) is 1.96. The molecule has 0 bridgehead atoms. The Morgan fingerprint density at radius 1 is 1.50 bits per heavy atom. The third-order valence-electron chi connectivity index (χ3n) is 0.782. The molecule has 0 aliphatic heterocycles. The standard InChI is InChI=1S/C6H12O3S/c1-3-4-5-6-9-10(2,7)8/h5-6H,3-4H2,1-2H3/b6-5-. The highest BCUT2D eigenvalue weighted by Crippen LogP contribution is 1.92. The molecule has 0 aromatic carbocycles. The van der Waals surface area contributed by atoms with Crippen LogP contribution in [0.3, 0.4) is 0 Å². The molecule has 0 rings (SSSR count). The van der Waals surface area contributed by atoms with Crippen LogP contribution in [-0.2, 0) is 14.3 Å². The maximum absolute atomic E-state index is 10.3. The first-order valence-corrected chi connectivity index (χ1v) is 4.91. The van der Waals surface area contributed by atoms with Crippen LogP contribution in [0.25, 0.3) is 0 Å². The number of allylic oxidation sites excluding steroid dienone is 1. The van der Waals surface area contributed by atoms with Gasteiger partial charge in [-0.25, -0.2) is 0 Å². The molecule has 3 nitrogen and oxygen atoms in total. The Morgan fingerprint density at radius 2 is 2.10 bits per heavy atom. The lowest BCUT2D eigenvalue weighted by atomic mass is 10.3. The second-order valence-corrected chi connectivity index (χ2v) is 3.56. The summed E-state index contributed by atoms with van der Waals surface area (Å²) in [6.45, 7) is 2.00. The minimum atomic E-state index is -3.29. The summed E-state index contributed by atoms with van der Waals surface area (Å²) in [5.41, 5.74) is 0. The molecule has 0 saturated heterocycles. The van der Waals surface area contributed by atoms with Gasteiger partial charge in [-0.2, -0.15) is 8.42 Å². The first-order valence-electron chi connectivity index (χ1n) is 3.09. The molecule has 4 heteroatoms. The topological polar surface area (TPSA) is 43.4 Å². The van der Waals surface area contributed by atoms with Crippen molar-refractivity contribution in [2.75, 3.05) is 6.26 Å². The highest BCUT2D eigenvalue weighted by atomic mass is 32.2. The van der Waals surface area contributed by atoms with Crippen LogP contribution < -0.4 is 0 Å². The molecule has 10 heavy (non-hydrogen) atoms. The third-order valence-corrected chi connectivity index (χ3v) is 1.24. The van der Waals surface area contributed by atoms with Crippen LogP contribution in [0.1, 0.15) is 19.8 Å². The molecule has 0 radical (unpaired) electrons. The molecule has 0 heterocycles. The monoisotopic (exact) mass is 164 g/mol. The predicted molar refractivity (Wildman–Crippen MR) is 40.0 cm³/mol. The van der Waals surface area contributed by atoms with Gasteiger partial charge in [0.05, 0.1) is 6.26 Å². The number of hydrogen-bond acceptors (Lipinski definition) is 3. The fraction of sp³-hybridized carbons (Fsp3) is 0.667. The minimum Gasteiger partial charge on any atom is -0.391 e. The molecule has 0 unspecified atom stereocenters. The zero-order chi connectivity index (χ0) is 8.04. The highest BCUT2D eigenvalue weighted by molar-refractivity contribution is 7.86. The van der Waals surface area contributed by atoms with Gasteiger partial charge in [-0.3, -0.25) is 0 Å². The van der Waals surface area contributed by atoms with Crippen LogP contribution in [0.4, 0.5) is 0 Å². The van der Waals surface area contributed by atoms with Crippen LogP contribution in [0.15, 0.2) is 12.3 Å². The van der Waals surface area contributed by atoms with E-state index >= 15 is 0 Å². The average Bonchev–Trinajstić information content (AvgIpc) is 1.78. The summed E-state index contributed by atoms with van der Waals surface area (Å²) in [5, 5.41) is 0. The summed E-state index contributed by atoms with van der Waals surface area (Å²) >= 11 is 0. The van der Waals surface area contributed by atoms with Gasteiger partial charge in [0.1, 0.15) is 6.26 Å². The Morgan fingerprint density at radius 3 is 2.50 bits per heavy atom. The first kappa shape index (κ1) is 9.49. The summed E-state index contributed by atoms with van der Waals surface area (Å²) in [6, 6.07) is 0. The van der Waals surface area contributed by atoms with Crippen LogP contribution in [0.2, 0.25) is 0 Å². The van der Waals surface area contributed by atoms with E-state index in [2.05, 4.69) is 4.18 Å². The van der Waals surface area contributed by atoms with Gasteiger partial charge in [0, 0.05) is 0 Å². The molecule has 0 N–H and O–H groups in total. The van der Waals surface area contributed by atoms with Crippen molar-refractivity contribution in [1.29, 1.82) is 0 Å². The van der Waals surface area contributed by atoms with Crippen molar-refractivity contribution in [2.45, 2.75) is 19.8 Å². The largest absolute Gasteiger partial charge is 0.391 e. The smallest absolute Gasteiger partial charge is 0.305 e. The van der Waals surface area contributed by atoms with E-state index in [9.17, 15) is 8.42 Å². The molecule has 0 aliphatic carbocycles. The van der Waals surface area contributed by atoms with E-state index < -0.39 is 10.1 Å². The van der Waals surface area contributed by atoms with Crippen LogP contribution in [0, 0.1) is 0 Å². The Kier molecular flexibility index (Phi) is 4.11. The molecule has 0 aliphatic rings. The SMILES string of the molecule is CCC/C=C\OS(C)(=O)=O. The first-order chi connectivity index (χ1) is 4.56. The zero-order valence-corrected chi connectivity index (χ0v) is 7.02. The molecule has 0 aromatic rings. The molecule has 0 aromatic heterocycles. The maximum Gasteiger partial charge on any atom is 0.305 e. The molecule has 60 valence electrons. The fourth-order valence-corrected chi connectivity index (χ4v) is 0.655. The number of hydrogen-bond donors (Lipinski definition) is 0. The van der Waals surface area contributed by atoms with Crippen molar-refractivity contribution < 1.29 is 12.6 Å². The maximum atomic E-state index is 10.3. The van der Waals surface area contributed by atoms with Crippen molar-refractivity contribution in [3.05, 3.63) is 12.3 Å². The summed E-state index contributed by atoms with van der Waals surface area (Å²) in [6.07, 6.45) is 5.74. The molecular formula is C6H12O3S. The van der Waals surface area contributed by atoms with Gasteiger partial charge in [-0.05, 0) is 12.5 Å². The summed E-state index contributed by atoms with van der Waals surface area (Å²) in [4.78, 5) is 0. The van der Waals surface area contributed by atoms with Crippen molar-refractivity contribution in [3.8, 4) is 0 Å². The van der Waals surface area contributed by atoms with Gasteiger partial charge in [0.25, 0.3) is 0 Å². The van der Waals surface area contributed by atoms with E-state index in [4.69, 9.17) is 0 Å². The zero-order valence-electron chi connectivity index (χ0n) is 6.20. The van der Waals surface area contributed by atoms with E-state index in [-0.39, 0.29) is 0 Å². The summed E-state index contributed by atoms with van der Waals surface area (Å²) < 4.78 is 25.0. The van der Waals surface area contributed by atoms with Gasteiger partial charge in [0.2, 0.25) is 0 Å². The second kappa shape index (κ2) is 4.33. The molecule has 0 saturated carbocycles. The number of rotatable bonds is 4. The summed E-state index contributed by atoms with van der Waals surface area (Å²) in [7, 11) is -3.29. The Bertz CT molecular complexity index is 191. The fourth-order valence-electron chi connectivity index (χ4n) is 0.375. The minimum absolute atomic E-state index is 0.843. The normalized spacial score (nSPS) is 12.2. The third kappa shape index (κ3) is 7.49. The lowest BCUT2D eigenvalue weighted by molar-refractivity contribution is 0.448. The van der Waals surface area contributed by atoms with Crippen molar-refractivity contribution in [1.82, 2.24) is 0 Å². The van der Waals surface area contributed by atoms with E-state index in [1.165, 1.54) is 6.26 Å². The van der Waals surface area contributed by atoms with Crippen molar-refractivity contribution in [2.24, 2.45) is 0 Å². The van der Waals surface area contributed by atoms with E-state index in [1.54, 1.807) is 6.08 Å². The Hall–Kier alpha value is -0.510. The van der Waals surface area contributed by atoms with Gasteiger partial charge < -0.3 is 4.18 Å². The highest BCUT2D eigenvalue weighted by Gasteiger charge is 1.94. The molecule has 0 atom stereocenters. The van der Waals surface area contributed by atoms with Gasteiger partial charge in [-0.1, -0.05) is 13.3 Å². The van der Waals surface area contributed by atoms with Gasteiger partial charge in [0.15, 0.2) is 0 Å². The van der Waals surface area contributed by atoms with Crippen LogP contribution in [0.5, 0.6) is 0 Å². The summed E-state index contributed by atoms with van der Waals surface area (Å²) in [5.74, 6) is 0. The number of unbranched alkanes of at least 4 members (excludes halogenated alkanes) is 1. The van der Waals surface area contributed by atoms with Gasteiger partial charge in [-0.15, -0.1) is 0 Å². The van der Waals surface area contributed by atoms with Crippen LogP contribution >= 0.6 is 0 Å². The Labute approximate surface area is 61.8 Å². The molecule has 0 amide bonds. The lowest BCUT2D eigenvalue weighted by Gasteiger charge is -1.92. The molecule has 0 spiro atoms. The van der Waals surface area contributed by atoms with Crippen molar-refractivity contribution >= 4 is 10.1 Å². The quantitative estimate of drug-likeness (QED) is 0.464. The van der Waals surface area contributed by atoms with Crippen LogP contribution in [-0.4, -0.2) is 14.7 Å². The average molecular weight is 164 g/mol. The molecular weight excluding hydrogens is 152 g/mol. The van der Waals surface area contributed by atoms with E-state index in [1.807, 2.05) is 6.92 Å². The van der Waals surface area contributed by atoms with Crippen molar-refractivity contribution in [3.63, 3.8) is 0 Å². The molecule has 0 fully saturated rings. The van der Waals surface area contributed by atoms with E-state index in [0.717, 1.165) is 19.1 Å².